The molecule has 1 aromatic rings. The first-order valence-corrected chi connectivity index (χ1v) is 12.9. The second-order valence-electron chi connectivity index (χ2n) is 9.78. The van der Waals surface area contributed by atoms with E-state index in [0.29, 0.717) is 39.5 Å². The normalized spacial score (nSPS) is 28.8. The van der Waals surface area contributed by atoms with Gasteiger partial charge in [0.15, 0.2) is 0 Å². The molecule has 0 unspecified atom stereocenters. The van der Waals surface area contributed by atoms with Crippen molar-refractivity contribution in [2.24, 2.45) is 0 Å². The molecule has 4 rings (SSSR count). The molecule has 3 fully saturated rings. The van der Waals surface area contributed by atoms with Gasteiger partial charge in [-0.15, -0.1) is 0 Å². The highest BCUT2D eigenvalue weighted by Crippen LogP contribution is 2.28. The standard InChI is InChI=1S/C24H36N4O11/c29-14-19-20(30)21(31)22(32)24(39-19)38-18-10-15(9-17(11-18)28(34)35)23(33)25-16(12-26-1-5-36-6-2-26)13-27-3-7-37-8-4-27/h9-11,16,19-22,24,29-32H,1-8,12-14H2,(H,25,33)/t19-,20+,21+,22-,24+/m1/s1. The molecule has 1 aromatic carbocycles. The molecule has 0 radical (unpaired) electrons. The third kappa shape index (κ3) is 7.81. The van der Waals surface area contributed by atoms with Gasteiger partial charge in [-0.2, -0.15) is 0 Å². The molecule has 218 valence electrons. The third-order valence-electron chi connectivity index (χ3n) is 6.96. The summed E-state index contributed by atoms with van der Waals surface area (Å²) >= 11 is 0. The zero-order valence-corrected chi connectivity index (χ0v) is 21.5. The molecular weight excluding hydrogens is 520 g/mol. The Balaban J connectivity index is 1.51. The maximum absolute atomic E-state index is 13.4. The number of aliphatic hydroxyl groups excluding tert-OH is 4. The summed E-state index contributed by atoms with van der Waals surface area (Å²) in [5.74, 6) is -0.722. The molecular formula is C24H36N4O11. The SMILES string of the molecule is O=C(NC(CN1CCOCC1)CN1CCOCC1)c1cc(O[C@H]2O[C@H](CO)[C@H](O)[C@H](O)[C@H]2O)cc([N+](=O)[O-])c1. The Morgan fingerprint density at radius 3 is 2.13 bits per heavy atom. The molecule has 0 bridgehead atoms. The van der Waals surface area contributed by atoms with Crippen molar-refractivity contribution in [3.05, 3.63) is 33.9 Å². The van der Waals surface area contributed by atoms with Crippen LogP contribution < -0.4 is 10.1 Å². The number of benzene rings is 1. The van der Waals surface area contributed by atoms with Crippen LogP contribution in [-0.4, -0.2) is 150 Å². The Morgan fingerprint density at radius 2 is 1.59 bits per heavy atom. The number of nitrogens with zero attached hydrogens (tertiary/aromatic N) is 3. The lowest BCUT2D eigenvalue weighted by atomic mass is 9.99. The predicted molar refractivity (Wildman–Crippen MR) is 133 cm³/mol. The van der Waals surface area contributed by atoms with Crippen molar-refractivity contribution in [1.82, 2.24) is 15.1 Å². The first kappa shape index (κ1) is 29.5. The van der Waals surface area contributed by atoms with E-state index in [9.17, 15) is 35.3 Å². The van der Waals surface area contributed by atoms with Gasteiger partial charge in [0.1, 0.15) is 30.2 Å². The quantitative estimate of drug-likeness (QED) is 0.150. The molecule has 3 heterocycles. The molecule has 0 aliphatic carbocycles. The number of ether oxygens (including phenoxy) is 4. The third-order valence-corrected chi connectivity index (χ3v) is 6.96. The lowest BCUT2D eigenvalue weighted by Gasteiger charge is -2.39. The lowest BCUT2D eigenvalue weighted by Crippen LogP contribution is -2.60. The summed E-state index contributed by atoms with van der Waals surface area (Å²) in [7, 11) is 0. The summed E-state index contributed by atoms with van der Waals surface area (Å²) in [6.45, 7) is 5.76. The van der Waals surface area contributed by atoms with Gasteiger partial charge in [-0.1, -0.05) is 0 Å². The van der Waals surface area contributed by atoms with Crippen LogP contribution in [0, 0.1) is 10.1 Å². The average Bonchev–Trinajstić information content (AvgIpc) is 2.94. The van der Waals surface area contributed by atoms with E-state index in [4.69, 9.17) is 18.9 Å². The van der Waals surface area contributed by atoms with Gasteiger partial charge in [-0.3, -0.25) is 24.7 Å². The molecule has 5 atom stereocenters. The monoisotopic (exact) mass is 556 g/mol. The Bertz CT molecular complexity index is 951. The number of nitro benzene ring substituents is 1. The van der Waals surface area contributed by atoms with Gasteiger partial charge < -0.3 is 44.7 Å². The van der Waals surface area contributed by atoms with E-state index in [1.54, 1.807) is 0 Å². The Labute approximate surface area is 224 Å². The van der Waals surface area contributed by atoms with Crippen molar-refractivity contribution in [3.63, 3.8) is 0 Å². The van der Waals surface area contributed by atoms with Gasteiger partial charge in [0.05, 0.1) is 50.1 Å². The second kappa shape index (κ2) is 13.7. The van der Waals surface area contributed by atoms with Gasteiger partial charge in [-0.05, 0) is 6.07 Å². The first-order chi connectivity index (χ1) is 18.7. The van der Waals surface area contributed by atoms with Gasteiger partial charge >= 0.3 is 0 Å². The minimum atomic E-state index is -1.72. The van der Waals surface area contributed by atoms with E-state index >= 15 is 0 Å². The number of hydrogen-bond donors (Lipinski definition) is 5. The summed E-state index contributed by atoms with van der Waals surface area (Å²) in [6.07, 6.45) is -7.79. The van der Waals surface area contributed by atoms with Crippen LogP contribution in [0.4, 0.5) is 5.69 Å². The molecule has 3 aliphatic rings. The predicted octanol–water partition coefficient (Wildman–Crippen LogP) is -2.46. The van der Waals surface area contributed by atoms with Crippen molar-refractivity contribution in [2.45, 2.75) is 36.7 Å². The highest BCUT2D eigenvalue weighted by molar-refractivity contribution is 5.95. The van der Waals surface area contributed by atoms with Crippen molar-refractivity contribution >= 4 is 11.6 Å². The van der Waals surface area contributed by atoms with Gasteiger partial charge in [0, 0.05) is 50.9 Å². The van der Waals surface area contributed by atoms with Crippen LogP contribution in [0.1, 0.15) is 10.4 Å². The molecule has 1 amide bonds. The minimum Gasteiger partial charge on any atom is -0.462 e. The minimum absolute atomic E-state index is 0.0438. The maximum atomic E-state index is 13.4. The van der Waals surface area contributed by atoms with E-state index in [1.165, 1.54) is 6.07 Å². The van der Waals surface area contributed by atoms with E-state index in [-0.39, 0.29) is 17.4 Å². The summed E-state index contributed by atoms with van der Waals surface area (Å²) < 4.78 is 21.7. The number of amides is 1. The molecule has 15 nitrogen and oxygen atoms in total. The largest absolute Gasteiger partial charge is 0.462 e. The summed E-state index contributed by atoms with van der Waals surface area (Å²) in [5, 5.41) is 54.3. The van der Waals surface area contributed by atoms with Crippen LogP contribution in [0.25, 0.3) is 0 Å². The van der Waals surface area contributed by atoms with Gasteiger partial charge in [0.25, 0.3) is 11.6 Å². The molecule has 15 heteroatoms. The van der Waals surface area contributed by atoms with Crippen LogP contribution in [0.15, 0.2) is 18.2 Å². The zero-order chi connectivity index (χ0) is 27.9. The van der Waals surface area contributed by atoms with Crippen molar-refractivity contribution in [3.8, 4) is 5.75 Å². The molecule has 5 N–H and O–H groups in total. The van der Waals surface area contributed by atoms with E-state index in [0.717, 1.165) is 38.3 Å². The number of non-ortho nitro benzene ring substituents is 1. The Morgan fingerprint density at radius 1 is 1.00 bits per heavy atom. The summed E-state index contributed by atoms with van der Waals surface area (Å²) in [5.41, 5.74) is -0.474. The smallest absolute Gasteiger partial charge is 0.273 e. The van der Waals surface area contributed by atoms with Crippen molar-refractivity contribution in [2.75, 3.05) is 72.3 Å². The molecule has 0 spiro atoms. The van der Waals surface area contributed by atoms with Gasteiger partial charge in [-0.25, -0.2) is 0 Å². The molecule has 0 aromatic heterocycles. The van der Waals surface area contributed by atoms with Gasteiger partial charge in [0.2, 0.25) is 6.29 Å². The van der Waals surface area contributed by atoms with Crippen LogP contribution >= 0.6 is 0 Å². The summed E-state index contributed by atoms with van der Waals surface area (Å²) in [4.78, 5) is 28.7. The molecule has 3 aliphatic heterocycles. The fourth-order valence-electron chi connectivity index (χ4n) is 4.80. The molecule has 3 saturated heterocycles. The summed E-state index contributed by atoms with van der Waals surface area (Å²) in [6, 6.07) is 3.15. The topological polar surface area (TPSA) is 197 Å². The number of nitrogens with one attached hydrogen (secondary N) is 1. The number of aliphatic hydroxyl groups is 4. The number of carbonyl (C=O) groups is 1. The molecule has 0 saturated carbocycles. The van der Waals surface area contributed by atoms with Crippen LogP contribution in [0.5, 0.6) is 5.75 Å². The van der Waals surface area contributed by atoms with E-state index < -0.39 is 53.8 Å². The average molecular weight is 557 g/mol. The number of hydrogen-bond acceptors (Lipinski definition) is 13. The number of carbonyl (C=O) groups excluding carboxylic acids is 1. The van der Waals surface area contributed by atoms with Crippen LogP contribution in [0.3, 0.4) is 0 Å². The number of nitro groups is 1. The van der Waals surface area contributed by atoms with Crippen molar-refractivity contribution in [1.29, 1.82) is 0 Å². The highest BCUT2D eigenvalue weighted by Gasteiger charge is 2.45. The number of morpholine rings is 2. The fourth-order valence-corrected chi connectivity index (χ4v) is 4.80. The highest BCUT2D eigenvalue weighted by atomic mass is 16.7. The van der Waals surface area contributed by atoms with E-state index in [1.807, 2.05) is 0 Å². The first-order valence-electron chi connectivity index (χ1n) is 12.9. The molecule has 39 heavy (non-hydrogen) atoms. The Kier molecular flexibility index (Phi) is 10.4. The second-order valence-corrected chi connectivity index (χ2v) is 9.78. The van der Waals surface area contributed by atoms with Crippen molar-refractivity contribution < 1.29 is 49.1 Å². The Hall–Kier alpha value is -2.47. The zero-order valence-electron chi connectivity index (χ0n) is 21.5. The maximum Gasteiger partial charge on any atom is 0.273 e. The van der Waals surface area contributed by atoms with Crippen LogP contribution in [-0.2, 0) is 14.2 Å². The fraction of sp³-hybridized carbons (Fsp3) is 0.708. The van der Waals surface area contributed by atoms with Crippen LogP contribution in [0.2, 0.25) is 0 Å². The van der Waals surface area contributed by atoms with E-state index in [2.05, 4.69) is 15.1 Å². The lowest BCUT2D eigenvalue weighted by molar-refractivity contribution is -0.385. The number of rotatable bonds is 10.